The summed E-state index contributed by atoms with van der Waals surface area (Å²) in [7, 11) is 0. The first kappa shape index (κ1) is 30.7. The van der Waals surface area contributed by atoms with Crippen LogP contribution in [-0.2, 0) is 0 Å². The summed E-state index contributed by atoms with van der Waals surface area (Å²) in [6.07, 6.45) is -1.94. The number of hydrogen-bond acceptors (Lipinski definition) is 4. The first-order chi connectivity index (χ1) is 24.0. The molecule has 1 saturated carbocycles. The molecule has 0 bridgehead atoms. The highest BCUT2D eigenvalue weighted by Crippen LogP contribution is 2.53. The number of aliphatic hydroxyl groups excluding tert-OH is 1. The maximum atomic E-state index is 16.1. The predicted octanol–water partition coefficient (Wildman–Crippen LogP) is 9.21. The van der Waals surface area contributed by atoms with Gasteiger partial charge in [0.15, 0.2) is 12.3 Å². The van der Waals surface area contributed by atoms with Gasteiger partial charge in [0.25, 0.3) is 0 Å². The van der Waals surface area contributed by atoms with Crippen LogP contribution in [-0.4, -0.2) is 60.3 Å². The third-order valence-corrected chi connectivity index (χ3v) is 11.0. The predicted molar refractivity (Wildman–Crippen MR) is 193 cm³/mol. The molecule has 248 valence electrons. The van der Waals surface area contributed by atoms with Gasteiger partial charge in [-0.3, -0.25) is 9.80 Å². The third kappa shape index (κ3) is 5.47. The molecule has 6 aromatic carbocycles. The second kappa shape index (κ2) is 12.5. The Labute approximate surface area is 285 Å². The molecule has 3 unspecified atom stereocenters. The fourth-order valence-corrected chi connectivity index (χ4v) is 8.48. The number of rotatable bonds is 7. The van der Waals surface area contributed by atoms with Crippen LogP contribution in [0.15, 0.2) is 109 Å². The van der Waals surface area contributed by atoms with Crippen molar-refractivity contribution >= 4 is 32.3 Å². The molecule has 0 amide bonds. The van der Waals surface area contributed by atoms with Crippen molar-refractivity contribution in [2.75, 3.05) is 39.3 Å². The molecule has 2 fully saturated rings. The standard InChI is InChI=1S/C43H40F2N2O2/c44-41-36-9-3-4-10-37(36)43(38-13-5-11-31(28-15-16-28)40(38)42(41)45)47-23-21-46(22-24-47)25-29(48)26-49-39-14-6-12-32-34-18-17-27-7-1-2-8-30(27)33(34)19-20-35(32)39/h1-14,17-20,28-29,41-43,48H,15-16,21-26H2/t29-,41?,42?,43?/m0/s1. The highest BCUT2D eigenvalue weighted by atomic mass is 19.2. The van der Waals surface area contributed by atoms with Crippen LogP contribution in [0.2, 0.25) is 0 Å². The lowest BCUT2D eigenvalue weighted by Crippen LogP contribution is -2.50. The fraction of sp³-hybridized carbons (Fsp3) is 0.302. The first-order valence-corrected chi connectivity index (χ1v) is 17.7. The van der Waals surface area contributed by atoms with Crippen molar-refractivity contribution in [3.05, 3.63) is 137 Å². The maximum absolute atomic E-state index is 16.1. The Morgan fingerprint density at radius 3 is 2.08 bits per heavy atom. The zero-order valence-corrected chi connectivity index (χ0v) is 27.4. The summed E-state index contributed by atoms with van der Waals surface area (Å²) in [5.41, 5.74) is 3.79. The van der Waals surface area contributed by atoms with Gasteiger partial charge in [0, 0.05) is 38.1 Å². The second-order valence-corrected chi connectivity index (χ2v) is 14.1. The molecule has 6 heteroatoms. The molecule has 1 aliphatic heterocycles. The zero-order valence-electron chi connectivity index (χ0n) is 27.4. The van der Waals surface area contributed by atoms with Gasteiger partial charge in [0.05, 0.1) is 6.04 Å². The average molecular weight is 655 g/mol. The minimum Gasteiger partial charge on any atom is -0.490 e. The number of piperazine rings is 1. The van der Waals surface area contributed by atoms with E-state index in [1.165, 1.54) is 21.5 Å². The Bertz CT molecular complexity index is 2170. The van der Waals surface area contributed by atoms with Gasteiger partial charge in [-0.15, -0.1) is 0 Å². The molecular weight excluding hydrogens is 614 g/mol. The van der Waals surface area contributed by atoms with Gasteiger partial charge in [-0.2, -0.15) is 0 Å². The summed E-state index contributed by atoms with van der Waals surface area (Å²) in [5, 5.41) is 18.1. The smallest absolute Gasteiger partial charge is 0.161 e. The van der Waals surface area contributed by atoms with Gasteiger partial charge in [-0.1, -0.05) is 97.1 Å². The van der Waals surface area contributed by atoms with Crippen LogP contribution in [0.5, 0.6) is 5.75 Å². The molecule has 6 aromatic rings. The van der Waals surface area contributed by atoms with Gasteiger partial charge in [-0.05, 0) is 85.6 Å². The van der Waals surface area contributed by atoms with Crippen molar-refractivity contribution in [3.8, 4) is 5.75 Å². The molecule has 49 heavy (non-hydrogen) atoms. The molecular formula is C43H40F2N2O2. The number of nitrogens with zero attached hydrogens (tertiary/aromatic N) is 2. The van der Waals surface area contributed by atoms with Crippen LogP contribution in [0.1, 0.15) is 65.0 Å². The molecule has 1 heterocycles. The number of aliphatic hydroxyl groups is 1. The lowest BCUT2D eigenvalue weighted by atomic mass is 9.89. The molecule has 3 aliphatic rings. The largest absolute Gasteiger partial charge is 0.490 e. The molecule has 0 aromatic heterocycles. The highest BCUT2D eigenvalue weighted by molar-refractivity contribution is 6.18. The van der Waals surface area contributed by atoms with E-state index in [-0.39, 0.29) is 12.6 Å². The Balaban J connectivity index is 0.901. The van der Waals surface area contributed by atoms with Crippen LogP contribution in [0.3, 0.4) is 0 Å². The number of β-amino-alcohol motifs (C(OH)–C–C–N with tert-alkyl or cyclic N) is 1. The molecule has 9 rings (SSSR count). The summed E-state index contributed by atoms with van der Waals surface area (Å²) in [4.78, 5) is 4.65. The lowest BCUT2D eigenvalue weighted by molar-refractivity contribution is 0.0403. The molecule has 4 atom stereocenters. The van der Waals surface area contributed by atoms with E-state index < -0.39 is 18.4 Å². The minimum atomic E-state index is -1.68. The number of fused-ring (bicyclic) bond motifs is 7. The number of alkyl halides is 2. The van der Waals surface area contributed by atoms with Gasteiger partial charge in [-0.25, -0.2) is 8.78 Å². The van der Waals surface area contributed by atoms with Gasteiger partial charge < -0.3 is 9.84 Å². The third-order valence-electron chi connectivity index (χ3n) is 11.0. The molecule has 2 aliphatic carbocycles. The minimum absolute atomic E-state index is 0.193. The molecule has 4 nitrogen and oxygen atoms in total. The summed E-state index contributed by atoms with van der Waals surface area (Å²) in [6.45, 7) is 3.66. The highest BCUT2D eigenvalue weighted by Gasteiger charge is 2.42. The summed E-state index contributed by atoms with van der Waals surface area (Å²) >= 11 is 0. The van der Waals surface area contributed by atoms with E-state index in [2.05, 4.69) is 64.4 Å². The van der Waals surface area contributed by atoms with Crippen molar-refractivity contribution in [2.45, 2.75) is 43.2 Å². The SMILES string of the molecule is O[C@H](COc1cccc2c1ccc1c3ccccc3ccc21)CN1CCN(C2c3ccccc3C(F)C(F)c3c(C4CC4)cccc32)CC1. The normalized spacial score (nSPS) is 22.1. The maximum Gasteiger partial charge on any atom is 0.161 e. The Morgan fingerprint density at radius 1 is 0.612 bits per heavy atom. The van der Waals surface area contributed by atoms with E-state index in [1.54, 1.807) is 6.07 Å². The van der Waals surface area contributed by atoms with E-state index >= 15 is 8.78 Å². The van der Waals surface area contributed by atoms with E-state index in [9.17, 15) is 5.11 Å². The van der Waals surface area contributed by atoms with Crippen LogP contribution in [0, 0.1) is 0 Å². The summed E-state index contributed by atoms with van der Waals surface area (Å²) in [6, 6.07) is 36.5. The Hall–Kier alpha value is -4.36. The number of ether oxygens (including phenoxy) is 1. The van der Waals surface area contributed by atoms with Crippen molar-refractivity contribution in [2.24, 2.45) is 0 Å². The van der Waals surface area contributed by atoms with Gasteiger partial charge in [0.1, 0.15) is 18.5 Å². The van der Waals surface area contributed by atoms with Crippen LogP contribution in [0.25, 0.3) is 32.3 Å². The number of hydrogen-bond donors (Lipinski definition) is 1. The molecule has 0 radical (unpaired) electrons. The topological polar surface area (TPSA) is 35.9 Å². The number of halogens is 2. The van der Waals surface area contributed by atoms with Crippen LogP contribution >= 0.6 is 0 Å². The first-order valence-electron chi connectivity index (χ1n) is 17.7. The van der Waals surface area contributed by atoms with E-state index in [4.69, 9.17) is 4.74 Å². The van der Waals surface area contributed by atoms with Crippen molar-refractivity contribution in [3.63, 3.8) is 0 Å². The van der Waals surface area contributed by atoms with Gasteiger partial charge >= 0.3 is 0 Å². The summed E-state index contributed by atoms with van der Waals surface area (Å²) < 4.78 is 38.2. The van der Waals surface area contributed by atoms with E-state index in [0.717, 1.165) is 72.2 Å². The van der Waals surface area contributed by atoms with Gasteiger partial charge in [0.2, 0.25) is 0 Å². The van der Waals surface area contributed by atoms with Crippen LogP contribution in [0.4, 0.5) is 8.78 Å². The number of benzene rings is 6. The monoisotopic (exact) mass is 654 g/mol. The van der Waals surface area contributed by atoms with Crippen molar-refractivity contribution in [1.29, 1.82) is 0 Å². The molecule has 1 N–H and O–H groups in total. The quantitative estimate of drug-likeness (QED) is 0.174. The molecule has 0 spiro atoms. The van der Waals surface area contributed by atoms with Crippen LogP contribution < -0.4 is 4.74 Å². The lowest BCUT2D eigenvalue weighted by Gasteiger charge is -2.40. The second-order valence-electron chi connectivity index (χ2n) is 14.1. The zero-order chi connectivity index (χ0) is 33.1. The van der Waals surface area contributed by atoms with Crippen molar-refractivity contribution in [1.82, 2.24) is 9.80 Å². The Morgan fingerprint density at radius 2 is 1.24 bits per heavy atom. The average Bonchev–Trinajstić information content (AvgIpc) is 4.00. The Kier molecular flexibility index (Phi) is 7.83. The van der Waals surface area contributed by atoms with E-state index in [0.29, 0.717) is 23.6 Å². The van der Waals surface area contributed by atoms with E-state index in [1.807, 2.05) is 48.5 Å². The summed E-state index contributed by atoms with van der Waals surface area (Å²) in [5.74, 6) is 1.10. The fourth-order valence-electron chi connectivity index (χ4n) is 8.48. The molecule has 1 saturated heterocycles. The van der Waals surface area contributed by atoms with Crippen molar-refractivity contribution < 1.29 is 18.6 Å².